The van der Waals surface area contributed by atoms with Gasteiger partial charge in [-0.05, 0) is 31.0 Å². The number of aryl methyl sites for hydroxylation is 1. The van der Waals surface area contributed by atoms with Crippen LogP contribution >= 0.6 is 0 Å². The Bertz CT molecular complexity index is 688. The second-order valence-electron chi connectivity index (χ2n) is 5.90. The van der Waals surface area contributed by atoms with Gasteiger partial charge in [-0.1, -0.05) is 36.4 Å². The predicted octanol–water partition coefficient (Wildman–Crippen LogP) is 3.04. The normalized spacial score (nSPS) is 15.3. The summed E-state index contributed by atoms with van der Waals surface area (Å²) in [5, 5.41) is 2.93. The van der Waals surface area contributed by atoms with Crippen LogP contribution < -0.4 is 5.32 Å². The lowest BCUT2D eigenvalue weighted by Gasteiger charge is -2.25. The Morgan fingerprint density at radius 1 is 1.22 bits per heavy atom. The summed E-state index contributed by atoms with van der Waals surface area (Å²) in [5.74, 6) is 1.67. The van der Waals surface area contributed by atoms with Crippen LogP contribution in [-0.2, 0) is 17.9 Å². The van der Waals surface area contributed by atoms with Gasteiger partial charge >= 0.3 is 0 Å². The summed E-state index contributed by atoms with van der Waals surface area (Å²) in [6.07, 6.45) is 2.82. The van der Waals surface area contributed by atoms with Crippen LogP contribution in [0.2, 0.25) is 0 Å². The van der Waals surface area contributed by atoms with Crippen molar-refractivity contribution in [3.63, 3.8) is 0 Å². The molecular formula is C19H22N2O2. The van der Waals surface area contributed by atoms with E-state index in [1.54, 1.807) is 0 Å². The summed E-state index contributed by atoms with van der Waals surface area (Å²) in [5.41, 5.74) is 2.18. The van der Waals surface area contributed by atoms with Crippen molar-refractivity contribution in [2.24, 2.45) is 0 Å². The topological polar surface area (TPSA) is 45.5 Å². The van der Waals surface area contributed by atoms with Crippen LogP contribution in [0.3, 0.4) is 0 Å². The molecule has 1 aromatic carbocycles. The molecule has 23 heavy (non-hydrogen) atoms. The quantitative estimate of drug-likeness (QED) is 0.923. The SMILES string of the molecule is Cc1ccc(CNC(=O)C2=CCN(Cc3ccccc3)CC2)o1. The van der Waals surface area contributed by atoms with Gasteiger partial charge in [0.2, 0.25) is 5.91 Å². The number of hydrogen-bond acceptors (Lipinski definition) is 3. The van der Waals surface area contributed by atoms with E-state index in [9.17, 15) is 4.79 Å². The highest BCUT2D eigenvalue weighted by Gasteiger charge is 2.17. The highest BCUT2D eigenvalue weighted by molar-refractivity contribution is 5.93. The number of hydrogen-bond donors (Lipinski definition) is 1. The van der Waals surface area contributed by atoms with Crippen LogP contribution in [0.4, 0.5) is 0 Å². The smallest absolute Gasteiger partial charge is 0.247 e. The first-order valence-electron chi connectivity index (χ1n) is 7.99. The third-order valence-electron chi connectivity index (χ3n) is 4.05. The van der Waals surface area contributed by atoms with E-state index in [2.05, 4.69) is 34.5 Å². The van der Waals surface area contributed by atoms with E-state index in [0.717, 1.165) is 43.1 Å². The number of nitrogens with one attached hydrogen (secondary N) is 1. The van der Waals surface area contributed by atoms with Crippen molar-refractivity contribution in [1.29, 1.82) is 0 Å². The third-order valence-corrected chi connectivity index (χ3v) is 4.05. The van der Waals surface area contributed by atoms with Crippen molar-refractivity contribution < 1.29 is 9.21 Å². The lowest BCUT2D eigenvalue weighted by molar-refractivity contribution is -0.118. The standard InChI is InChI=1S/C19H22N2O2/c1-15-7-8-18(23-15)13-20-19(22)17-9-11-21(12-10-17)14-16-5-3-2-4-6-16/h2-9H,10-14H2,1H3,(H,20,22). The summed E-state index contributed by atoms with van der Waals surface area (Å²) >= 11 is 0. The number of rotatable bonds is 5. The maximum absolute atomic E-state index is 12.2. The summed E-state index contributed by atoms with van der Waals surface area (Å²) in [4.78, 5) is 14.6. The number of nitrogens with zero attached hydrogens (tertiary/aromatic N) is 1. The zero-order valence-corrected chi connectivity index (χ0v) is 13.4. The van der Waals surface area contributed by atoms with Gasteiger partial charge in [0, 0.05) is 25.2 Å². The van der Waals surface area contributed by atoms with Crippen molar-refractivity contribution in [3.8, 4) is 0 Å². The largest absolute Gasteiger partial charge is 0.465 e. The Morgan fingerprint density at radius 2 is 2.04 bits per heavy atom. The molecule has 4 heteroatoms. The van der Waals surface area contributed by atoms with Gasteiger partial charge in [-0.2, -0.15) is 0 Å². The Balaban J connectivity index is 1.49. The zero-order valence-electron chi connectivity index (χ0n) is 13.4. The molecule has 0 fully saturated rings. The minimum atomic E-state index is 0.0124. The van der Waals surface area contributed by atoms with Crippen molar-refractivity contribution in [2.75, 3.05) is 13.1 Å². The minimum Gasteiger partial charge on any atom is -0.465 e. The summed E-state index contributed by atoms with van der Waals surface area (Å²) in [7, 11) is 0. The van der Waals surface area contributed by atoms with Gasteiger partial charge in [-0.15, -0.1) is 0 Å². The molecule has 0 saturated heterocycles. The molecule has 2 heterocycles. The first kappa shape index (κ1) is 15.6. The van der Waals surface area contributed by atoms with Gasteiger partial charge in [0.25, 0.3) is 0 Å². The van der Waals surface area contributed by atoms with Crippen LogP contribution in [0, 0.1) is 6.92 Å². The van der Waals surface area contributed by atoms with E-state index >= 15 is 0 Å². The van der Waals surface area contributed by atoms with E-state index in [0.29, 0.717) is 6.54 Å². The Labute approximate surface area is 136 Å². The van der Waals surface area contributed by atoms with Crippen molar-refractivity contribution >= 4 is 5.91 Å². The van der Waals surface area contributed by atoms with Crippen LogP contribution in [0.1, 0.15) is 23.5 Å². The van der Waals surface area contributed by atoms with Gasteiger partial charge in [-0.3, -0.25) is 9.69 Å². The predicted molar refractivity (Wildman–Crippen MR) is 89.7 cm³/mol. The van der Waals surface area contributed by atoms with Crippen LogP contribution in [0.5, 0.6) is 0 Å². The molecule has 0 aliphatic carbocycles. The number of amides is 1. The molecule has 2 aromatic rings. The van der Waals surface area contributed by atoms with Crippen LogP contribution in [0.15, 0.2) is 58.5 Å². The lowest BCUT2D eigenvalue weighted by Crippen LogP contribution is -2.33. The van der Waals surface area contributed by atoms with Crippen LogP contribution in [0.25, 0.3) is 0 Å². The average Bonchev–Trinajstić information content (AvgIpc) is 3.00. The van der Waals surface area contributed by atoms with Gasteiger partial charge in [0.15, 0.2) is 0 Å². The second-order valence-corrected chi connectivity index (χ2v) is 5.90. The molecule has 1 aliphatic heterocycles. The number of benzene rings is 1. The molecule has 3 rings (SSSR count). The van der Waals surface area contributed by atoms with Crippen molar-refractivity contribution in [2.45, 2.75) is 26.4 Å². The summed E-state index contributed by atoms with van der Waals surface area (Å²) in [6.45, 7) is 5.00. The second kappa shape index (κ2) is 7.29. The molecule has 0 spiro atoms. The summed E-state index contributed by atoms with van der Waals surface area (Å²) in [6, 6.07) is 14.2. The van der Waals surface area contributed by atoms with E-state index in [1.807, 2.05) is 31.2 Å². The summed E-state index contributed by atoms with van der Waals surface area (Å²) < 4.78 is 5.46. The van der Waals surface area contributed by atoms with Gasteiger partial charge in [0.05, 0.1) is 6.54 Å². The van der Waals surface area contributed by atoms with E-state index in [-0.39, 0.29) is 5.91 Å². The first-order valence-corrected chi connectivity index (χ1v) is 7.99. The Morgan fingerprint density at radius 3 is 2.70 bits per heavy atom. The molecule has 1 aliphatic rings. The number of carbonyl (C=O) groups excluding carboxylic acids is 1. The first-order chi connectivity index (χ1) is 11.2. The Kier molecular flexibility index (Phi) is 4.93. The molecule has 0 bridgehead atoms. The van der Waals surface area contributed by atoms with E-state index < -0.39 is 0 Å². The van der Waals surface area contributed by atoms with E-state index in [4.69, 9.17) is 4.42 Å². The monoisotopic (exact) mass is 310 g/mol. The minimum absolute atomic E-state index is 0.0124. The van der Waals surface area contributed by atoms with Crippen molar-refractivity contribution in [1.82, 2.24) is 10.2 Å². The maximum atomic E-state index is 12.2. The highest BCUT2D eigenvalue weighted by Crippen LogP contribution is 2.14. The van der Waals surface area contributed by atoms with Crippen molar-refractivity contribution in [3.05, 3.63) is 71.2 Å². The molecule has 1 N–H and O–H groups in total. The molecule has 0 unspecified atom stereocenters. The maximum Gasteiger partial charge on any atom is 0.247 e. The van der Waals surface area contributed by atoms with Gasteiger partial charge < -0.3 is 9.73 Å². The lowest BCUT2D eigenvalue weighted by atomic mass is 10.1. The molecule has 1 amide bonds. The van der Waals surface area contributed by atoms with Crippen LogP contribution in [-0.4, -0.2) is 23.9 Å². The van der Waals surface area contributed by atoms with Gasteiger partial charge in [-0.25, -0.2) is 0 Å². The molecule has 4 nitrogen and oxygen atoms in total. The van der Waals surface area contributed by atoms with Gasteiger partial charge in [0.1, 0.15) is 11.5 Å². The molecule has 0 atom stereocenters. The molecular weight excluding hydrogens is 288 g/mol. The Hall–Kier alpha value is -2.33. The zero-order chi connectivity index (χ0) is 16.1. The molecule has 0 radical (unpaired) electrons. The number of furan rings is 1. The highest BCUT2D eigenvalue weighted by atomic mass is 16.3. The number of carbonyl (C=O) groups is 1. The third kappa shape index (κ3) is 4.33. The molecule has 120 valence electrons. The average molecular weight is 310 g/mol. The molecule has 1 aromatic heterocycles. The molecule has 0 saturated carbocycles. The fourth-order valence-corrected chi connectivity index (χ4v) is 2.76. The fourth-order valence-electron chi connectivity index (χ4n) is 2.76. The van der Waals surface area contributed by atoms with E-state index in [1.165, 1.54) is 5.56 Å². The fraction of sp³-hybridized carbons (Fsp3) is 0.316.